The minimum absolute atomic E-state index is 0.231. The molecule has 0 aromatic carbocycles. The van der Waals surface area contributed by atoms with Crippen LogP contribution in [-0.4, -0.2) is 193 Å². The van der Waals surface area contributed by atoms with Crippen molar-refractivity contribution >= 4 is 5.91 Å². The largest absolute Gasteiger partial charge is 0.394 e. The van der Waals surface area contributed by atoms with Crippen LogP contribution in [0, 0.1) is 0 Å². The highest BCUT2D eigenvalue weighted by atomic mass is 16.8. The van der Waals surface area contributed by atoms with E-state index in [1.807, 2.05) is 0 Å². The van der Waals surface area contributed by atoms with Crippen LogP contribution in [0.4, 0.5) is 0 Å². The van der Waals surface area contributed by atoms with Crippen molar-refractivity contribution in [1.82, 2.24) is 5.32 Å². The third kappa shape index (κ3) is 50.9. The van der Waals surface area contributed by atoms with Gasteiger partial charge in [-0.15, -0.1) is 0 Å². The summed E-state index contributed by atoms with van der Waals surface area (Å²) in [6.45, 7) is 1.89. The number of unbranched alkanes of at least 4 members (excludes halogenated alkanes) is 61. The molecule has 17 atom stereocenters. The summed E-state index contributed by atoms with van der Waals surface area (Å²) in [4.78, 5) is 13.6. The summed E-state index contributed by atoms with van der Waals surface area (Å²) in [7, 11) is 0. The second kappa shape index (κ2) is 72.5. The van der Waals surface area contributed by atoms with Gasteiger partial charge in [-0.1, -0.05) is 405 Å². The summed E-state index contributed by atoms with van der Waals surface area (Å²) in [5.74, 6) is -0.231. The van der Waals surface area contributed by atoms with Gasteiger partial charge in [0.1, 0.15) is 73.2 Å². The van der Waals surface area contributed by atoms with Gasteiger partial charge >= 0.3 is 0 Å². The number of amides is 1. The van der Waals surface area contributed by atoms with Crippen LogP contribution in [0.25, 0.3) is 0 Å². The van der Waals surface area contributed by atoms with Gasteiger partial charge in [0.15, 0.2) is 18.9 Å². The molecular formula is C92H177NO18. The Morgan fingerprint density at radius 1 is 0.315 bits per heavy atom. The molecule has 1 amide bonds. The maximum atomic E-state index is 13.6. The predicted octanol–water partition coefficient (Wildman–Crippen LogP) is 18.6. The molecule has 19 nitrogen and oxygen atoms in total. The van der Waals surface area contributed by atoms with Crippen molar-refractivity contribution in [3.05, 3.63) is 12.2 Å². The summed E-state index contributed by atoms with van der Waals surface area (Å²) in [6, 6.07) is -0.885. The Kier molecular flexibility index (Phi) is 67.8. The number of allylic oxidation sites excluding steroid dienone is 2. The van der Waals surface area contributed by atoms with Gasteiger partial charge < -0.3 is 89.9 Å². The van der Waals surface area contributed by atoms with Crippen LogP contribution in [0.1, 0.15) is 438 Å². The summed E-state index contributed by atoms with van der Waals surface area (Å²) in [5, 5.41) is 121. The van der Waals surface area contributed by atoms with Gasteiger partial charge in [0.05, 0.1) is 38.6 Å². The van der Waals surface area contributed by atoms with Gasteiger partial charge in [0.2, 0.25) is 5.91 Å². The lowest BCUT2D eigenvalue weighted by Gasteiger charge is -2.48. The summed E-state index contributed by atoms with van der Waals surface area (Å²) in [6.07, 6.45) is 63.5. The molecular weight excluding hydrogens is 1410 g/mol. The van der Waals surface area contributed by atoms with E-state index in [1.54, 1.807) is 0 Å². The van der Waals surface area contributed by atoms with Gasteiger partial charge in [-0.25, -0.2) is 0 Å². The number of aliphatic hydroxyl groups excluding tert-OH is 11. The first-order valence-electron chi connectivity index (χ1n) is 47.4. The minimum Gasteiger partial charge on any atom is -0.394 e. The quantitative estimate of drug-likeness (QED) is 0.0199. The number of carbonyl (C=O) groups is 1. The van der Waals surface area contributed by atoms with Crippen molar-refractivity contribution in [3.63, 3.8) is 0 Å². The molecule has 12 N–H and O–H groups in total. The summed E-state index contributed by atoms with van der Waals surface area (Å²) >= 11 is 0. The lowest BCUT2D eigenvalue weighted by molar-refractivity contribution is -0.379. The molecule has 19 heteroatoms. The van der Waals surface area contributed by atoms with Gasteiger partial charge in [-0.2, -0.15) is 0 Å². The van der Waals surface area contributed by atoms with E-state index in [2.05, 4.69) is 31.3 Å². The normalized spacial score (nSPS) is 25.0. The average Bonchev–Trinajstić information content (AvgIpc) is 0.780. The molecule has 0 aromatic rings. The van der Waals surface area contributed by atoms with Crippen molar-refractivity contribution in [3.8, 4) is 0 Å². The Balaban J connectivity index is 1.27. The predicted molar refractivity (Wildman–Crippen MR) is 448 cm³/mol. The standard InChI is InChI=1S/C92H177NO18/c1-3-5-7-9-11-13-15-17-19-21-23-25-27-29-30-31-32-33-34-35-36-37-38-39-40-41-42-43-44-46-48-50-52-54-56-58-60-62-64-66-68-70-80(98)93-75(76(97)69-67-65-63-61-59-57-55-53-51-49-47-45-28-26-24-22-20-18-16-14-12-10-8-6-4-2)74-106-90-86(104)83(101)88(78(72-95)108-90)111-92-87(105)84(102)89(79(73-96)109-92)110-91-85(103)82(100)81(99)77(71-94)107-91/h21,23,75-79,81-92,94-97,99-105H,3-20,22,24-74H2,1-2H3,(H,93,98)/b23-21-. The van der Waals surface area contributed by atoms with Crippen molar-refractivity contribution in [1.29, 1.82) is 0 Å². The third-order valence-corrected chi connectivity index (χ3v) is 24.1. The molecule has 0 saturated carbocycles. The van der Waals surface area contributed by atoms with E-state index in [9.17, 15) is 61.0 Å². The number of rotatable bonds is 79. The fourth-order valence-electron chi connectivity index (χ4n) is 16.6. The van der Waals surface area contributed by atoms with Crippen molar-refractivity contribution in [2.24, 2.45) is 0 Å². The first kappa shape index (κ1) is 104. The highest BCUT2D eigenvalue weighted by molar-refractivity contribution is 5.76. The van der Waals surface area contributed by atoms with Crippen LogP contribution in [0.3, 0.4) is 0 Å². The minimum atomic E-state index is -1.97. The molecule has 0 spiro atoms. The van der Waals surface area contributed by atoms with E-state index in [0.29, 0.717) is 12.8 Å². The van der Waals surface area contributed by atoms with Crippen molar-refractivity contribution < 1.29 is 89.4 Å². The number of aliphatic hydroxyl groups is 11. The topological polar surface area (TPSA) is 307 Å². The first-order chi connectivity index (χ1) is 54.3. The van der Waals surface area contributed by atoms with E-state index in [1.165, 1.54) is 360 Å². The molecule has 3 saturated heterocycles. The van der Waals surface area contributed by atoms with Crippen molar-refractivity contribution in [2.75, 3.05) is 26.4 Å². The molecule has 111 heavy (non-hydrogen) atoms. The molecule has 3 aliphatic heterocycles. The zero-order valence-corrected chi connectivity index (χ0v) is 71.2. The smallest absolute Gasteiger partial charge is 0.220 e. The number of nitrogens with one attached hydrogen (secondary N) is 1. The molecule has 0 aromatic heterocycles. The third-order valence-electron chi connectivity index (χ3n) is 24.1. The lowest BCUT2D eigenvalue weighted by atomic mass is 9.96. The molecule has 3 aliphatic rings. The number of hydrogen-bond acceptors (Lipinski definition) is 18. The second-order valence-electron chi connectivity index (χ2n) is 34.2. The van der Waals surface area contributed by atoms with Crippen LogP contribution in [0.5, 0.6) is 0 Å². The van der Waals surface area contributed by atoms with E-state index in [4.69, 9.17) is 28.4 Å². The second-order valence-corrected chi connectivity index (χ2v) is 34.2. The molecule has 3 rings (SSSR count). The molecule has 658 valence electrons. The zero-order valence-electron chi connectivity index (χ0n) is 71.2. The first-order valence-corrected chi connectivity index (χ1v) is 47.4. The Hall–Kier alpha value is -1.47. The molecule has 3 heterocycles. The van der Waals surface area contributed by atoms with Crippen LogP contribution >= 0.6 is 0 Å². The fraction of sp³-hybridized carbons (Fsp3) is 0.967. The van der Waals surface area contributed by atoms with Crippen LogP contribution in [-0.2, 0) is 33.2 Å². The Labute approximate surface area is 677 Å². The average molecular weight is 1590 g/mol. The Bertz CT molecular complexity index is 2040. The monoisotopic (exact) mass is 1580 g/mol. The summed E-state index contributed by atoms with van der Waals surface area (Å²) < 4.78 is 34.6. The number of ether oxygens (including phenoxy) is 6. The van der Waals surface area contributed by atoms with Gasteiger partial charge in [-0.05, 0) is 38.5 Å². The maximum Gasteiger partial charge on any atom is 0.220 e. The maximum absolute atomic E-state index is 13.6. The SMILES string of the molecule is CCCCCCCCCC/C=C\CCCCCCCCCCCCCCCCCCCCCCCCCCCCCCCC(=O)NC(COC1OC(CO)C(OC2OC(CO)C(OC3OC(CO)C(O)C(O)C3O)C(O)C2O)C(O)C1O)C(O)CCCCCCCCCCCCCCCCCCCCCCCCCCC. The van der Waals surface area contributed by atoms with Crippen LogP contribution in [0.2, 0.25) is 0 Å². The molecule has 0 aliphatic carbocycles. The van der Waals surface area contributed by atoms with Crippen LogP contribution in [0.15, 0.2) is 12.2 Å². The van der Waals surface area contributed by atoms with Gasteiger partial charge in [0, 0.05) is 6.42 Å². The number of carbonyl (C=O) groups excluding carboxylic acids is 1. The fourth-order valence-corrected chi connectivity index (χ4v) is 16.6. The van der Waals surface area contributed by atoms with E-state index in [0.717, 1.165) is 44.9 Å². The highest BCUT2D eigenvalue weighted by Crippen LogP contribution is 2.34. The van der Waals surface area contributed by atoms with Gasteiger partial charge in [0.25, 0.3) is 0 Å². The van der Waals surface area contributed by atoms with Crippen LogP contribution < -0.4 is 5.32 Å². The summed E-state index contributed by atoms with van der Waals surface area (Å²) in [5.41, 5.74) is 0. The lowest BCUT2D eigenvalue weighted by Crippen LogP contribution is -2.66. The molecule has 0 radical (unpaired) electrons. The van der Waals surface area contributed by atoms with E-state index in [-0.39, 0.29) is 18.9 Å². The Morgan fingerprint density at radius 3 is 0.874 bits per heavy atom. The zero-order chi connectivity index (χ0) is 80.3. The van der Waals surface area contributed by atoms with Gasteiger partial charge in [-0.3, -0.25) is 4.79 Å². The molecule has 3 fully saturated rings. The van der Waals surface area contributed by atoms with E-state index >= 15 is 0 Å². The number of hydrogen-bond donors (Lipinski definition) is 12. The van der Waals surface area contributed by atoms with Crippen molar-refractivity contribution in [2.45, 2.75) is 542 Å². The van der Waals surface area contributed by atoms with E-state index < -0.39 is 124 Å². The molecule has 17 unspecified atom stereocenters. The molecule has 0 bridgehead atoms. The highest BCUT2D eigenvalue weighted by Gasteiger charge is 2.54. The Morgan fingerprint density at radius 2 is 0.568 bits per heavy atom.